The first kappa shape index (κ1) is 10.7. The molecule has 1 fully saturated rings. The van der Waals surface area contributed by atoms with Crippen LogP contribution in [0.5, 0.6) is 0 Å². The number of nitrogens with zero attached hydrogens (tertiary/aromatic N) is 1. The van der Waals surface area contributed by atoms with E-state index in [2.05, 4.69) is 47.4 Å². The smallest absolute Gasteiger partial charge is 0.0701 e. The minimum Gasteiger partial charge on any atom is -0.342 e. The number of fused-ring (bicyclic) bond motifs is 1. The highest BCUT2D eigenvalue weighted by Crippen LogP contribution is 2.55. The normalized spacial score (nSPS) is 24.0. The van der Waals surface area contributed by atoms with Crippen LogP contribution in [0.25, 0.3) is 10.8 Å². The maximum absolute atomic E-state index is 8.11. The number of hydrogen-bond acceptors (Lipinski definition) is 1. The van der Waals surface area contributed by atoms with Gasteiger partial charge in [-0.2, -0.15) is 0 Å². The summed E-state index contributed by atoms with van der Waals surface area (Å²) in [7, 11) is 0. The first-order valence-electron chi connectivity index (χ1n) is 8.61. The lowest BCUT2D eigenvalue weighted by Crippen LogP contribution is -2.31. The van der Waals surface area contributed by atoms with E-state index in [1.807, 2.05) is 20.0 Å². The highest BCUT2D eigenvalue weighted by atomic mass is 15.2. The Bertz CT molecular complexity index is 838. The predicted molar refractivity (Wildman–Crippen MR) is 88.8 cm³/mol. The van der Waals surface area contributed by atoms with Crippen molar-refractivity contribution in [2.24, 2.45) is 0 Å². The van der Waals surface area contributed by atoms with Crippen molar-refractivity contribution in [3.63, 3.8) is 0 Å². The molecule has 0 bridgehead atoms. The molecule has 2 aromatic rings. The molecule has 2 aliphatic rings. The summed E-state index contributed by atoms with van der Waals surface area (Å²) in [6.45, 7) is 3.95. The largest absolute Gasteiger partial charge is 0.342 e. The van der Waals surface area contributed by atoms with E-state index in [1.54, 1.807) is 6.08 Å². The second-order valence-electron chi connectivity index (χ2n) is 6.10. The molecule has 1 heteroatoms. The molecule has 0 aromatic heterocycles. The number of allylic oxidation sites excluding steroid dienone is 3. The Labute approximate surface area is 129 Å². The third-order valence-electron chi connectivity index (χ3n) is 4.90. The van der Waals surface area contributed by atoms with E-state index < -0.39 is 6.37 Å². The Morgan fingerprint density at radius 2 is 1.81 bits per heavy atom. The fourth-order valence-corrected chi connectivity index (χ4v) is 3.49. The highest BCUT2D eigenvalue weighted by molar-refractivity contribution is 5.87. The SMILES string of the molecule is [2H]C1([2H])C=CN(C2(c3cccc4ccccc34)CC2)C(C)=C1C. The summed E-state index contributed by atoms with van der Waals surface area (Å²) in [6.07, 6.45) is 4.53. The lowest BCUT2D eigenvalue weighted by molar-refractivity contribution is 0.315. The summed E-state index contributed by atoms with van der Waals surface area (Å²) in [5, 5.41) is 2.57. The molecule has 2 aromatic carbocycles. The molecular formula is C20H21N. The van der Waals surface area contributed by atoms with Gasteiger partial charge in [0.25, 0.3) is 0 Å². The Balaban J connectivity index is 1.86. The molecule has 0 N–H and O–H groups in total. The summed E-state index contributed by atoms with van der Waals surface area (Å²) in [6, 6.07) is 15.1. The van der Waals surface area contributed by atoms with Crippen LogP contribution >= 0.6 is 0 Å². The highest BCUT2D eigenvalue weighted by Gasteiger charge is 2.50. The minimum atomic E-state index is -1.34. The first-order valence-corrected chi connectivity index (χ1v) is 7.61. The molecule has 1 aliphatic heterocycles. The van der Waals surface area contributed by atoms with Crippen LogP contribution in [-0.4, -0.2) is 4.90 Å². The Morgan fingerprint density at radius 3 is 2.62 bits per heavy atom. The van der Waals surface area contributed by atoms with Crippen molar-refractivity contribution >= 4 is 10.8 Å². The van der Waals surface area contributed by atoms with Crippen LogP contribution < -0.4 is 0 Å². The molecule has 0 amide bonds. The van der Waals surface area contributed by atoms with Crippen molar-refractivity contribution in [3.8, 4) is 0 Å². The molecule has 21 heavy (non-hydrogen) atoms. The second-order valence-corrected chi connectivity index (χ2v) is 6.10. The van der Waals surface area contributed by atoms with Gasteiger partial charge in [-0.3, -0.25) is 0 Å². The lowest BCUT2D eigenvalue weighted by atomic mass is 9.94. The van der Waals surface area contributed by atoms with Gasteiger partial charge in [0.2, 0.25) is 0 Å². The lowest BCUT2D eigenvalue weighted by Gasteiger charge is -2.36. The zero-order valence-corrected chi connectivity index (χ0v) is 12.6. The van der Waals surface area contributed by atoms with Gasteiger partial charge in [-0.15, -0.1) is 0 Å². The molecular weight excluding hydrogens is 254 g/mol. The first-order chi connectivity index (χ1) is 11.0. The topological polar surface area (TPSA) is 3.24 Å². The van der Waals surface area contributed by atoms with Crippen LogP contribution in [0.4, 0.5) is 0 Å². The van der Waals surface area contributed by atoms with Gasteiger partial charge >= 0.3 is 0 Å². The molecule has 0 saturated heterocycles. The molecule has 1 nitrogen and oxygen atoms in total. The summed E-state index contributed by atoms with van der Waals surface area (Å²) in [5.74, 6) is 0. The Kier molecular flexibility index (Phi) is 2.28. The average molecular weight is 277 g/mol. The van der Waals surface area contributed by atoms with Crippen molar-refractivity contribution in [3.05, 3.63) is 71.6 Å². The minimum absolute atomic E-state index is 0.0147. The van der Waals surface area contributed by atoms with E-state index in [1.165, 1.54) is 16.3 Å². The second kappa shape index (κ2) is 4.49. The predicted octanol–water partition coefficient (Wildman–Crippen LogP) is 5.34. The van der Waals surface area contributed by atoms with E-state index in [4.69, 9.17) is 2.74 Å². The van der Waals surface area contributed by atoms with Crippen molar-refractivity contribution in [2.45, 2.75) is 38.6 Å². The summed E-state index contributed by atoms with van der Waals surface area (Å²) in [4.78, 5) is 2.30. The van der Waals surface area contributed by atoms with Crippen molar-refractivity contribution < 1.29 is 2.74 Å². The maximum Gasteiger partial charge on any atom is 0.0701 e. The molecule has 1 heterocycles. The van der Waals surface area contributed by atoms with Crippen LogP contribution in [0, 0.1) is 0 Å². The van der Waals surface area contributed by atoms with Gasteiger partial charge in [0.05, 0.1) is 5.54 Å². The van der Waals surface area contributed by atoms with E-state index in [0.29, 0.717) is 0 Å². The molecule has 1 aliphatic carbocycles. The number of hydrogen-bond donors (Lipinski definition) is 0. The summed E-state index contributed by atoms with van der Waals surface area (Å²) < 4.78 is 16.2. The quantitative estimate of drug-likeness (QED) is 0.716. The molecule has 0 atom stereocenters. The van der Waals surface area contributed by atoms with E-state index >= 15 is 0 Å². The van der Waals surface area contributed by atoms with Crippen LogP contribution in [0.15, 0.2) is 66.0 Å². The molecule has 106 valence electrons. The van der Waals surface area contributed by atoms with Gasteiger partial charge in [-0.05, 0) is 49.4 Å². The zero-order chi connectivity index (χ0) is 16.2. The molecule has 0 radical (unpaired) electrons. The number of benzene rings is 2. The third kappa shape index (κ3) is 1.84. The summed E-state index contributed by atoms with van der Waals surface area (Å²) in [5.41, 5.74) is 3.20. The van der Waals surface area contributed by atoms with E-state index in [9.17, 15) is 0 Å². The van der Waals surface area contributed by atoms with Crippen LogP contribution in [0.2, 0.25) is 0 Å². The van der Waals surface area contributed by atoms with Gasteiger partial charge in [0.15, 0.2) is 0 Å². The Morgan fingerprint density at radius 1 is 1.05 bits per heavy atom. The molecule has 1 saturated carbocycles. The van der Waals surface area contributed by atoms with Crippen molar-refractivity contribution in [2.75, 3.05) is 0 Å². The van der Waals surface area contributed by atoms with Crippen LogP contribution in [0.1, 0.15) is 41.4 Å². The van der Waals surface area contributed by atoms with Crippen molar-refractivity contribution in [1.29, 1.82) is 0 Å². The average Bonchev–Trinajstić information content (AvgIpc) is 3.34. The van der Waals surface area contributed by atoms with Gasteiger partial charge in [-0.25, -0.2) is 0 Å². The molecule has 0 spiro atoms. The number of rotatable bonds is 2. The Hall–Kier alpha value is -2.02. The maximum atomic E-state index is 8.11. The monoisotopic (exact) mass is 277 g/mol. The van der Waals surface area contributed by atoms with Gasteiger partial charge < -0.3 is 4.90 Å². The molecule has 0 unspecified atom stereocenters. The van der Waals surface area contributed by atoms with Gasteiger partial charge in [-0.1, -0.05) is 54.1 Å². The van der Waals surface area contributed by atoms with Crippen LogP contribution in [-0.2, 0) is 5.54 Å². The van der Waals surface area contributed by atoms with Gasteiger partial charge in [0.1, 0.15) is 0 Å². The van der Waals surface area contributed by atoms with Crippen molar-refractivity contribution in [1.82, 2.24) is 4.90 Å². The fraction of sp³-hybridized carbons (Fsp3) is 0.300. The standard InChI is InChI=1S/C20H21N/c1-15-7-6-14-21(16(15)2)20(12-13-20)19-11-5-9-17-8-3-4-10-18(17)19/h3-6,8-11,14H,7,12-13H2,1-2H3/i7D2. The molecule has 4 rings (SSSR count). The fourth-order valence-electron chi connectivity index (χ4n) is 3.49. The van der Waals surface area contributed by atoms with Crippen LogP contribution in [0.3, 0.4) is 0 Å². The summed E-state index contributed by atoms with van der Waals surface area (Å²) >= 11 is 0. The van der Waals surface area contributed by atoms with E-state index in [-0.39, 0.29) is 5.54 Å². The van der Waals surface area contributed by atoms with E-state index in [0.717, 1.165) is 24.1 Å². The third-order valence-corrected chi connectivity index (χ3v) is 4.90. The van der Waals surface area contributed by atoms with Gasteiger partial charge in [0, 0.05) is 14.6 Å². The zero-order valence-electron chi connectivity index (χ0n) is 14.6.